The van der Waals surface area contributed by atoms with E-state index in [1.165, 1.54) is 45.1 Å². The summed E-state index contributed by atoms with van der Waals surface area (Å²) in [5.41, 5.74) is -0.265. The van der Waals surface area contributed by atoms with Gasteiger partial charge in [-0.05, 0) is 37.5 Å². The fourth-order valence-corrected chi connectivity index (χ4v) is 3.29. The monoisotopic (exact) mass is 195 g/mol. The second kappa shape index (κ2) is 3.21. The number of rotatable bonds is 3. The van der Waals surface area contributed by atoms with Gasteiger partial charge in [0.05, 0.1) is 5.60 Å². The van der Waals surface area contributed by atoms with Crippen LogP contribution in [0.1, 0.15) is 38.5 Å². The minimum atomic E-state index is -0.265. The van der Waals surface area contributed by atoms with Gasteiger partial charge in [-0.3, -0.25) is 4.90 Å². The normalized spacial score (nSPS) is 33.2. The first-order chi connectivity index (χ1) is 6.76. The molecule has 1 heterocycles. The second-order valence-electron chi connectivity index (χ2n) is 5.70. The lowest BCUT2D eigenvalue weighted by atomic mass is 9.87. The summed E-state index contributed by atoms with van der Waals surface area (Å²) in [5.74, 6) is 1.60. The summed E-state index contributed by atoms with van der Waals surface area (Å²) in [7, 11) is 0. The average molecular weight is 195 g/mol. The van der Waals surface area contributed by atoms with Crippen molar-refractivity contribution in [3.05, 3.63) is 0 Å². The van der Waals surface area contributed by atoms with Crippen LogP contribution in [0.25, 0.3) is 0 Å². The molecule has 0 spiro atoms. The van der Waals surface area contributed by atoms with Gasteiger partial charge in [-0.2, -0.15) is 0 Å². The Morgan fingerprint density at radius 1 is 1.07 bits per heavy atom. The van der Waals surface area contributed by atoms with Gasteiger partial charge < -0.3 is 5.11 Å². The average Bonchev–Trinajstić information content (AvgIpc) is 2.84. The Hall–Kier alpha value is -0.0800. The van der Waals surface area contributed by atoms with Crippen molar-refractivity contribution in [3.63, 3.8) is 0 Å². The molecule has 1 aliphatic heterocycles. The van der Waals surface area contributed by atoms with Gasteiger partial charge in [0, 0.05) is 19.6 Å². The van der Waals surface area contributed by atoms with Crippen molar-refractivity contribution in [2.45, 2.75) is 44.1 Å². The molecular formula is C12H21NO. The van der Waals surface area contributed by atoms with Crippen molar-refractivity contribution in [3.8, 4) is 0 Å². The third-order valence-corrected chi connectivity index (χ3v) is 4.32. The highest BCUT2D eigenvalue weighted by Crippen LogP contribution is 2.45. The number of nitrogens with zero attached hydrogens (tertiary/aromatic N) is 1. The van der Waals surface area contributed by atoms with Crippen molar-refractivity contribution in [2.75, 3.05) is 19.6 Å². The van der Waals surface area contributed by atoms with Crippen LogP contribution in [0.5, 0.6) is 0 Å². The van der Waals surface area contributed by atoms with E-state index in [0.29, 0.717) is 5.92 Å². The molecule has 2 nitrogen and oxygen atoms in total. The summed E-state index contributed by atoms with van der Waals surface area (Å²) in [5, 5.41) is 10.2. The van der Waals surface area contributed by atoms with Crippen molar-refractivity contribution >= 4 is 0 Å². The van der Waals surface area contributed by atoms with Crippen molar-refractivity contribution in [1.82, 2.24) is 4.90 Å². The molecule has 0 radical (unpaired) electrons. The molecule has 3 rings (SSSR count). The van der Waals surface area contributed by atoms with Gasteiger partial charge in [0.25, 0.3) is 0 Å². The van der Waals surface area contributed by atoms with Crippen molar-refractivity contribution < 1.29 is 5.11 Å². The number of hydrogen-bond donors (Lipinski definition) is 1. The fraction of sp³-hybridized carbons (Fsp3) is 1.00. The van der Waals surface area contributed by atoms with E-state index in [9.17, 15) is 5.11 Å². The van der Waals surface area contributed by atoms with E-state index < -0.39 is 0 Å². The molecular weight excluding hydrogens is 174 g/mol. The van der Waals surface area contributed by atoms with Crippen LogP contribution in [0, 0.1) is 11.8 Å². The smallest absolute Gasteiger partial charge is 0.0928 e. The molecule has 2 aliphatic carbocycles. The first kappa shape index (κ1) is 9.17. The summed E-state index contributed by atoms with van der Waals surface area (Å²) < 4.78 is 0. The maximum absolute atomic E-state index is 10.2. The van der Waals surface area contributed by atoms with E-state index in [2.05, 4.69) is 4.90 Å². The molecule has 0 amide bonds. The largest absolute Gasteiger partial charge is 0.387 e. The highest BCUT2D eigenvalue weighted by atomic mass is 16.3. The summed E-state index contributed by atoms with van der Waals surface area (Å²) in [6, 6.07) is 0. The molecule has 0 aromatic rings. The van der Waals surface area contributed by atoms with E-state index in [0.717, 1.165) is 19.0 Å². The summed E-state index contributed by atoms with van der Waals surface area (Å²) in [6.07, 6.45) is 8.27. The number of hydrogen-bond acceptors (Lipinski definition) is 2. The zero-order valence-electron chi connectivity index (χ0n) is 8.91. The van der Waals surface area contributed by atoms with Crippen LogP contribution in [0.4, 0.5) is 0 Å². The van der Waals surface area contributed by atoms with Gasteiger partial charge in [-0.25, -0.2) is 0 Å². The minimum Gasteiger partial charge on any atom is -0.387 e. The Labute approximate surface area is 86.3 Å². The Bertz CT molecular complexity index is 210. The van der Waals surface area contributed by atoms with E-state index in [-0.39, 0.29) is 5.60 Å². The molecule has 1 saturated heterocycles. The third-order valence-electron chi connectivity index (χ3n) is 4.32. The number of likely N-dealkylation sites (tertiary alicyclic amines) is 1. The molecule has 0 bridgehead atoms. The first-order valence-corrected chi connectivity index (χ1v) is 6.21. The molecule has 14 heavy (non-hydrogen) atoms. The van der Waals surface area contributed by atoms with Crippen LogP contribution >= 0.6 is 0 Å². The zero-order valence-corrected chi connectivity index (χ0v) is 8.91. The maximum atomic E-state index is 10.2. The van der Waals surface area contributed by atoms with E-state index in [1.807, 2.05) is 0 Å². The second-order valence-corrected chi connectivity index (χ2v) is 5.70. The lowest BCUT2D eigenvalue weighted by Gasteiger charge is -2.48. The number of β-amino-alcohol motifs (C(OH)–C–C–N with tert-alkyl or cyclic N) is 1. The van der Waals surface area contributed by atoms with Crippen LogP contribution in [0.3, 0.4) is 0 Å². The SMILES string of the molecule is OC1(C2CC2)CN(CC2CCCC2)C1. The molecule has 3 aliphatic rings. The lowest BCUT2D eigenvalue weighted by Crippen LogP contribution is -2.63. The van der Waals surface area contributed by atoms with Gasteiger partial charge in [0.1, 0.15) is 0 Å². The Kier molecular flexibility index (Phi) is 2.10. The molecule has 0 atom stereocenters. The van der Waals surface area contributed by atoms with Gasteiger partial charge >= 0.3 is 0 Å². The highest BCUT2D eigenvalue weighted by Gasteiger charge is 2.51. The Morgan fingerprint density at radius 3 is 2.29 bits per heavy atom. The molecule has 2 saturated carbocycles. The zero-order chi connectivity index (χ0) is 9.60. The number of aliphatic hydroxyl groups is 1. The van der Waals surface area contributed by atoms with Crippen molar-refractivity contribution in [1.29, 1.82) is 0 Å². The van der Waals surface area contributed by atoms with Gasteiger partial charge in [0.2, 0.25) is 0 Å². The van der Waals surface area contributed by atoms with Crippen molar-refractivity contribution in [2.24, 2.45) is 11.8 Å². The van der Waals surface area contributed by atoms with Gasteiger partial charge in [0.15, 0.2) is 0 Å². The quantitative estimate of drug-likeness (QED) is 0.740. The molecule has 2 heteroatoms. The van der Waals surface area contributed by atoms with Crippen LogP contribution in [0.15, 0.2) is 0 Å². The Morgan fingerprint density at radius 2 is 1.71 bits per heavy atom. The predicted octanol–water partition coefficient (Wildman–Crippen LogP) is 1.63. The standard InChI is InChI=1S/C12H21NO/c14-12(11-5-6-11)8-13(9-12)7-10-3-1-2-4-10/h10-11,14H,1-9H2. The lowest BCUT2D eigenvalue weighted by molar-refractivity contribution is -0.117. The van der Waals surface area contributed by atoms with E-state index >= 15 is 0 Å². The fourth-order valence-electron chi connectivity index (χ4n) is 3.29. The molecule has 1 N–H and O–H groups in total. The van der Waals surface area contributed by atoms with Crippen LogP contribution < -0.4 is 0 Å². The molecule has 0 unspecified atom stereocenters. The Balaban J connectivity index is 1.44. The predicted molar refractivity (Wildman–Crippen MR) is 56.1 cm³/mol. The highest BCUT2D eigenvalue weighted by molar-refractivity contribution is 5.05. The summed E-state index contributed by atoms with van der Waals surface area (Å²) in [6.45, 7) is 3.19. The molecule has 0 aromatic carbocycles. The molecule has 80 valence electrons. The minimum absolute atomic E-state index is 0.265. The van der Waals surface area contributed by atoms with E-state index in [4.69, 9.17) is 0 Å². The van der Waals surface area contributed by atoms with Gasteiger partial charge in [-0.15, -0.1) is 0 Å². The maximum Gasteiger partial charge on any atom is 0.0928 e. The first-order valence-electron chi connectivity index (χ1n) is 6.21. The van der Waals surface area contributed by atoms with E-state index in [1.54, 1.807) is 0 Å². The van der Waals surface area contributed by atoms with Gasteiger partial charge in [-0.1, -0.05) is 12.8 Å². The van der Waals surface area contributed by atoms with Crippen LogP contribution in [-0.4, -0.2) is 35.2 Å². The summed E-state index contributed by atoms with van der Waals surface area (Å²) in [4.78, 5) is 2.47. The van der Waals surface area contributed by atoms with Crippen LogP contribution in [-0.2, 0) is 0 Å². The molecule has 3 fully saturated rings. The topological polar surface area (TPSA) is 23.5 Å². The third kappa shape index (κ3) is 1.59. The summed E-state index contributed by atoms with van der Waals surface area (Å²) >= 11 is 0. The van der Waals surface area contributed by atoms with Crippen LogP contribution in [0.2, 0.25) is 0 Å². The molecule has 0 aromatic heterocycles.